The highest BCUT2D eigenvalue weighted by molar-refractivity contribution is 7.89. The maximum absolute atomic E-state index is 12.6. The molecule has 1 atom stereocenters. The van der Waals surface area contributed by atoms with E-state index in [0.29, 0.717) is 38.6 Å². The van der Waals surface area contributed by atoms with Gasteiger partial charge in [-0.1, -0.05) is 0 Å². The first-order valence-electron chi connectivity index (χ1n) is 9.38. The Morgan fingerprint density at radius 1 is 1.12 bits per heavy atom. The largest absolute Gasteiger partial charge is 0.491 e. The fraction of sp³-hybridized carbons (Fsp3) is 0.667. The molecule has 2 N–H and O–H groups in total. The van der Waals surface area contributed by atoms with Crippen LogP contribution < -0.4 is 9.64 Å². The number of likely N-dealkylation sites (tertiary alicyclic amines) is 1. The molecule has 0 unspecified atom stereocenters. The van der Waals surface area contributed by atoms with Crippen LogP contribution in [-0.4, -0.2) is 76.5 Å². The number of aliphatic hydroxyl groups is 1. The van der Waals surface area contributed by atoms with E-state index in [1.54, 1.807) is 24.3 Å². The Kier molecular flexibility index (Phi) is 6.88. The van der Waals surface area contributed by atoms with Crippen molar-refractivity contribution in [1.29, 1.82) is 0 Å². The van der Waals surface area contributed by atoms with E-state index in [1.165, 1.54) is 28.5 Å². The standard InChI is InChI=1S/C18H28N2O5S/c21-16(14-19-8-2-1-3-9-19)15-25-17-4-6-18(7-5-17)26(22,23)20-10-12-24-13-11-20/h4-7,16,21H,1-3,8-15H2/p+1/t16-/m1/s1. The molecule has 1 aromatic carbocycles. The first kappa shape index (κ1) is 19.6. The van der Waals surface area contributed by atoms with Gasteiger partial charge >= 0.3 is 0 Å². The highest BCUT2D eigenvalue weighted by atomic mass is 32.2. The molecule has 0 saturated carbocycles. The van der Waals surface area contributed by atoms with Crippen molar-refractivity contribution in [3.05, 3.63) is 24.3 Å². The van der Waals surface area contributed by atoms with Crippen LogP contribution in [0.2, 0.25) is 0 Å². The Morgan fingerprint density at radius 3 is 2.42 bits per heavy atom. The van der Waals surface area contributed by atoms with E-state index in [-0.39, 0.29) is 11.5 Å². The quantitative estimate of drug-likeness (QED) is 0.663. The number of quaternary nitrogens is 1. The van der Waals surface area contributed by atoms with Crippen LogP contribution in [0.3, 0.4) is 0 Å². The first-order valence-corrected chi connectivity index (χ1v) is 10.8. The number of ether oxygens (including phenoxy) is 2. The summed E-state index contributed by atoms with van der Waals surface area (Å²) in [6.07, 6.45) is 3.22. The molecule has 0 radical (unpaired) electrons. The number of piperidine rings is 1. The molecule has 1 aromatic rings. The number of morpholine rings is 1. The lowest BCUT2D eigenvalue weighted by Crippen LogP contribution is -3.14. The Morgan fingerprint density at radius 2 is 1.77 bits per heavy atom. The van der Waals surface area contributed by atoms with Crippen molar-refractivity contribution in [1.82, 2.24) is 4.31 Å². The summed E-state index contributed by atoms with van der Waals surface area (Å²) in [6, 6.07) is 6.41. The Bertz CT molecular complexity index is 653. The van der Waals surface area contributed by atoms with Gasteiger partial charge in [0.05, 0.1) is 31.2 Å². The van der Waals surface area contributed by atoms with E-state index in [4.69, 9.17) is 9.47 Å². The van der Waals surface area contributed by atoms with Crippen molar-refractivity contribution in [3.63, 3.8) is 0 Å². The van der Waals surface area contributed by atoms with Crippen molar-refractivity contribution in [2.45, 2.75) is 30.3 Å². The molecule has 3 rings (SSSR count). The summed E-state index contributed by atoms with van der Waals surface area (Å²) < 4.78 is 37.4. The Balaban J connectivity index is 1.50. The molecule has 2 heterocycles. The van der Waals surface area contributed by atoms with E-state index in [2.05, 4.69) is 0 Å². The molecule has 2 aliphatic heterocycles. The number of nitrogens with zero attached hydrogens (tertiary/aromatic N) is 1. The normalized spacial score (nSPS) is 21.4. The maximum Gasteiger partial charge on any atom is 0.243 e. The van der Waals surface area contributed by atoms with Crippen LogP contribution in [0.1, 0.15) is 19.3 Å². The Labute approximate surface area is 155 Å². The second-order valence-electron chi connectivity index (χ2n) is 6.97. The summed E-state index contributed by atoms with van der Waals surface area (Å²) in [6.45, 7) is 4.77. The smallest absolute Gasteiger partial charge is 0.243 e. The average Bonchev–Trinajstić information content (AvgIpc) is 2.68. The molecular weight excluding hydrogens is 356 g/mol. The Hall–Kier alpha value is -1.19. The van der Waals surface area contributed by atoms with Gasteiger partial charge in [-0.3, -0.25) is 0 Å². The summed E-state index contributed by atoms with van der Waals surface area (Å²) in [5, 5.41) is 10.2. The molecule has 146 valence electrons. The van der Waals surface area contributed by atoms with Crippen LogP contribution in [0.25, 0.3) is 0 Å². The molecule has 0 bridgehead atoms. The zero-order valence-corrected chi connectivity index (χ0v) is 15.9. The van der Waals surface area contributed by atoms with Gasteiger partial charge in [-0.15, -0.1) is 0 Å². The number of benzene rings is 1. The fourth-order valence-electron chi connectivity index (χ4n) is 3.48. The second kappa shape index (κ2) is 9.14. The first-order chi connectivity index (χ1) is 12.6. The monoisotopic (exact) mass is 385 g/mol. The number of nitrogens with one attached hydrogen (secondary N) is 1. The van der Waals surface area contributed by atoms with Gasteiger partial charge in [0.15, 0.2) is 0 Å². The molecule has 8 heteroatoms. The van der Waals surface area contributed by atoms with E-state index in [0.717, 1.165) is 13.1 Å². The van der Waals surface area contributed by atoms with Crippen molar-refractivity contribution >= 4 is 10.0 Å². The van der Waals surface area contributed by atoms with Gasteiger partial charge in [0.1, 0.15) is 25.0 Å². The van der Waals surface area contributed by atoms with E-state index >= 15 is 0 Å². The van der Waals surface area contributed by atoms with Crippen LogP contribution >= 0.6 is 0 Å². The summed E-state index contributed by atoms with van der Waals surface area (Å²) in [4.78, 5) is 1.68. The van der Waals surface area contributed by atoms with Crippen LogP contribution in [0.5, 0.6) is 5.75 Å². The second-order valence-corrected chi connectivity index (χ2v) is 8.91. The van der Waals surface area contributed by atoms with Crippen LogP contribution in [0.4, 0.5) is 0 Å². The average molecular weight is 386 g/mol. The summed E-state index contributed by atoms with van der Waals surface area (Å²) in [7, 11) is -3.48. The highest BCUT2D eigenvalue weighted by Crippen LogP contribution is 2.20. The molecule has 0 aliphatic carbocycles. The highest BCUT2D eigenvalue weighted by Gasteiger charge is 2.26. The van der Waals surface area contributed by atoms with E-state index in [1.807, 2.05) is 0 Å². The van der Waals surface area contributed by atoms with Crippen LogP contribution in [0, 0.1) is 0 Å². The number of aliphatic hydroxyl groups excluding tert-OH is 1. The van der Waals surface area contributed by atoms with Crippen molar-refractivity contribution < 1.29 is 27.9 Å². The van der Waals surface area contributed by atoms with E-state index < -0.39 is 16.1 Å². The lowest BCUT2D eigenvalue weighted by Gasteiger charge is -2.26. The van der Waals surface area contributed by atoms with Crippen molar-refractivity contribution in [3.8, 4) is 5.75 Å². The minimum atomic E-state index is -3.48. The molecule has 0 amide bonds. The predicted molar refractivity (Wildman–Crippen MR) is 96.9 cm³/mol. The van der Waals surface area contributed by atoms with Gasteiger partial charge in [-0.25, -0.2) is 8.42 Å². The molecule has 0 aromatic heterocycles. The zero-order chi connectivity index (χ0) is 18.4. The predicted octanol–water partition coefficient (Wildman–Crippen LogP) is -0.484. The molecule has 2 aliphatic rings. The minimum Gasteiger partial charge on any atom is -0.491 e. The van der Waals surface area contributed by atoms with Gasteiger partial charge in [0.25, 0.3) is 0 Å². The summed E-state index contributed by atoms with van der Waals surface area (Å²) in [5.74, 6) is 0.568. The van der Waals surface area contributed by atoms with Crippen LogP contribution in [-0.2, 0) is 14.8 Å². The number of sulfonamides is 1. The van der Waals surface area contributed by atoms with Gasteiger partial charge in [0.2, 0.25) is 10.0 Å². The number of hydrogen-bond acceptors (Lipinski definition) is 5. The third-order valence-electron chi connectivity index (χ3n) is 4.96. The minimum absolute atomic E-state index is 0.221. The van der Waals surface area contributed by atoms with Gasteiger partial charge in [-0.05, 0) is 43.5 Å². The molecular formula is C18H29N2O5S+. The van der Waals surface area contributed by atoms with E-state index in [9.17, 15) is 13.5 Å². The fourth-order valence-corrected chi connectivity index (χ4v) is 4.89. The third kappa shape index (κ3) is 5.17. The van der Waals surface area contributed by atoms with Crippen LogP contribution in [0.15, 0.2) is 29.2 Å². The topological polar surface area (TPSA) is 80.5 Å². The molecule has 2 fully saturated rings. The van der Waals surface area contributed by atoms with Gasteiger partial charge < -0.3 is 19.5 Å². The molecule has 7 nitrogen and oxygen atoms in total. The molecule has 2 saturated heterocycles. The third-order valence-corrected chi connectivity index (χ3v) is 6.87. The SMILES string of the molecule is O=S(=O)(c1ccc(OC[C@H](O)C[NH+]2CCCCC2)cc1)N1CCOCC1. The maximum atomic E-state index is 12.6. The zero-order valence-electron chi connectivity index (χ0n) is 15.1. The molecule has 26 heavy (non-hydrogen) atoms. The number of rotatable bonds is 7. The van der Waals surface area contributed by atoms with Crippen molar-refractivity contribution in [2.24, 2.45) is 0 Å². The van der Waals surface area contributed by atoms with Gasteiger partial charge in [-0.2, -0.15) is 4.31 Å². The van der Waals surface area contributed by atoms with Crippen molar-refractivity contribution in [2.75, 3.05) is 52.5 Å². The number of hydrogen-bond donors (Lipinski definition) is 2. The summed E-state index contributed by atoms with van der Waals surface area (Å²) in [5.41, 5.74) is 0. The molecule has 0 spiro atoms. The van der Waals surface area contributed by atoms with Gasteiger partial charge in [0, 0.05) is 13.1 Å². The lowest BCUT2D eigenvalue weighted by molar-refractivity contribution is -0.908. The summed E-state index contributed by atoms with van der Waals surface area (Å²) >= 11 is 0. The lowest BCUT2D eigenvalue weighted by atomic mass is 10.1.